The van der Waals surface area contributed by atoms with Gasteiger partial charge in [-0.25, -0.2) is 4.99 Å². The number of fused-ring (bicyclic) bond motifs is 1. The van der Waals surface area contributed by atoms with Crippen LogP contribution in [-0.2, 0) is 20.9 Å². The minimum absolute atomic E-state index is 0.254. The summed E-state index contributed by atoms with van der Waals surface area (Å²) >= 11 is 5.89. The molecule has 0 saturated carbocycles. The number of amides is 3. The predicted octanol–water partition coefficient (Wildman–Crippen LogP) is 3.55. The van der Waals surface area contributed by atoms with Crippen LogP contribution in [0, 0.1) is 5.92 Å². The zero-order chi connectivity index (χ0) is 24.9. The Morgan fingerprint density at radius 3 is 2.34 bits per heavy atom. The quantitative estimate of drug-likeness (QED) is 0.520. The lowest BCUT2D eigenvalue weighted by Gasteiger charge is -2.21. The van der Waals surface area contributed by atoms with Gasteiger partial charge in [0.1, 0.15) is 5.92 Å². The fourth-order valence-electron chi connectivity index (χ4n) is 3.77. The summed E-state index contributed by atoms with van der Waals surface area (Å²) in [6.45, 7) is 1.75. The molecule has 2 atom stereocenters. The summed E-state index contributed by atoms with van der Waals surface area (Å²) in [4.78, 5) is 44.9. The molecule has 0 aromatic heterocycles. The zero-order valence-corrected chi connectivity index (χ0v) is 20.1. The van der Waals surface area contributed by atoms with Gasteiger partial charge in [0, 0.05) is 29.7 Å². The van der Waals surface area contributed by atoms with Crippen LogP contribution >= 0.6 is 11.6 Å². The molecule has 178 valence electrons. The van der Waals surface area contributed by atoms with E-state index in [9.17, 15) is 14.4 Å². The molecule has 3 aromatic rings. The van der Waals surface area contributed by atoms with Crippen LogP contribution in [0.5, 0.6) is 0 Å². The van der Waals surface area contributed by atoms with E-state index in [1.165, 1.54) is 11.8 Å². The molecule has 3 aromatic carbocycles. The molecular formula is C27H25ClN4O3. The van der Waals surface area contributed by atoms with E-state index in [0.717, 1.165) is 16.7 Å². The third-order valence-corrected chi connectivity index (χ3v) is 6.09. The van der Waals surface area contributed by atoms with Gasteiger partial charge in [-0.15, -0.1) is 0 Å². The molecule has 7 nitrogen and oxygen atoms in total. The van der Waals surface area contributed by atoms with Gasteiger partial charge in [0.25, 0.3) is 5.91 Å². The van der Waals surface area contributed by atoms with Crippen LogP contribution in [0.2, 0.25) is 5.02 Å². The number of nitrogens with one attached hydrogen (secondary N) is 2. The Bertz CT molecular complexity index is 1280. The maximum atomic E-state index is 13.2. The lowest BCUT2D eigenvalue weighted by Crippen LogP contribution is -2.49. The number of hydrogen-bond donors (Lipinski definition) is 2. The molecule has 0 aliphatic carbocycles. The van der Waals surface area contributed by atoms with Gasteiger partial charge < -0.3 is 15.5 Å². The number of carbonyl (C=O) groups is 3. The molecule has 0 saturated heterocycles. The maximum absolute atomic E-state index is 13.2. The van der Waals surface area contributed by atoms with Crippen molar-refractivity contribution >= 4 is 40.7 Å². The maximum Gasteiger partial charge on any atom is 0.272 e. The van der Waals surface area contributed by atoms with Crippen molar-refractivity contribution in [2.45, 2.75) is 19.6 Å². The molecule has 0 fully saturated rings. The predicted molar refractivity (Wildman–Crippen MR) is 136 cm³/mol. The van der Waals surface area contributed by atoms with Gasteiger partial charge in [0.05, 0.1) is 11.4 Å². The van der Waals surface area contributed by atoms with E-state index in [1.54, 1.807) is 31.3 Å². The minimum atomic E-state index is -1.18. The molecule has 35 heavy (non-hydrogen) atoms. The molecule has 2 unspecified atom stereocenters. The summed E-state index contributed by atoms with van der Waals surface area (Å²) in [5, 5.41) is 6.01. The first-order valence-corrected chi connectivity index (χ1v) is 11.6. The number of carbonyl (C=O) groups excluding carboxylic acids is 3. The molecular weight excluding hydrogens is 464 g/mol. The second-order valence-electron chi connectivity index (χ2n) is 8.24. The summed E-state index contributed by atoms with van der Waals surface area (Å²) in [7, 11) is 1.64. The first-order chi connectivity index (χ1) is 16.8. The molecule has 1 aliphatic rings. The number of halogens is 1. The number of hydrogen-bond acceptors (Lipinski definition) is 4. The Labute approximate surface area is 208 Å². The zero-order valence-electron chi connectivity index (χ0n) is 19.4. The normalized spacial score (nSPS) is 16.0. The van der Waals surface area contributed by atoms with E-state index in [2.05, 4.69) is 15.6 Å². The SMILES string of the molecule is CC(C(=O)NCc1ccc(Cl)cc1)C(=O)NC1N=C(c2ccccc2)c2ccccc2N(C)C1=O. The van der Waals surface area contributed by atoms with Gasteiger partial charge in [-0.05, 0) is 30.7 Å². The molecule has 0 radical (unpaired) electrons. The highest BCUT2D eigenvalue weighted by Crippen LogP contribution is 2.27. The summed E-state index contributed by atoms with van der Waals surface area (Å²) < 4.78 is 0. The number of rotatable bonds is 6. The molecule has 0 bridgehead atoms. The van der Waals surface area contributed by atoms with E-state index < -0.39 is 29.8 Å². The van der Waals surface area contributed by atoms with Crippen LogP contribution in [0.1, 0.15) is 23.6 Å². The van der Waals surface area contributed by atoms with Crippen molar-refractivity contribution in [2.75, 3.05) is 11.9 Å². The highest BCUT2D eigenvalue weighted by atomic mass is 35.5. The Morgan fingerprint density at radius 1 is 0.971 bits per heavy atom. The number of likely N-dealkylation sites (N-methyl/N-ethyl adjacent to an activating group) is 1. The van der Waals surface area contributed by atoms with Crippen molar-refractivity contribution in [3.63, 3.8) is 0 Å². The second kappa shape index (κ2) is 10.5. The summed E-state index contributed by atoms with van der Waals surface area (Å²) in [6.07, 6.45) is -1.18. The first kappa shape index (κ1) is 24.2. The number of nitrogens with zero attached hydrogens (tertiary/aromatic N) is 2. The van der Waals surface area contributed by atoms with Gasteiger partial charge in [-0.2, -0.15) is 0 Å². The van der Waals surface area contributed by atoms with Crippen molar-refractivity contribution in [3.05, 3.63) is 101 Å². The van der Waals surface area contributed by atoms with Crippen LogP contribution in [0.15, 0.2) is 83.9 Å². The molecule has 0 spiro atoms. The second-order valence-corrected chi connectivity index (χ2v) is 8.67. The largest absolute Gasteiger partial charge is 0.351 e. The van der Waals surface area contributed by atoms with E-state index in [0.29, 0.717) is 16.4 Å². The molecule has 1 heterocycles. The monoisotopic (exact) mass is 488 g/mol. The Hall–Kier alpha value is -3.97. The van der Waals surface area contributed by atoms with Crippen molar-refractivity contribution in [1.29, 1.82) is 0 Å². The first-order valence-electron chi connectivity index (χ1n) is 11.2. The average Bonchev–Trinajstić information content (AvgIpc) is 2.99. The standard InChI is InChI=1S/C27H25ClN4O3/c1-17(25(33)29-16-18-12-14-20(28)15-13-18)26(34)31-24-27(35)32(2)22-11-7-6-10-21(22)23(30-24)19-8-4-3-5-9-19/h3-15,17,24H,16H2,1-2H3,(H,29,33)(H,31,34). The van der Waals surface area contributed by atoms with Gasteiger partial charge in [0.2, 0.25) is 18.0 Å². The minimum Gasteiger partial charge on any atom is -0.351 e. The number of anilines is 1. The Kier molecular flexibility index (Phi) is 7.27. The van der Waals surface area contributed by atoms with Gasteiger partial charge in [0.15, 0.2) is 0 Å². The smallest absolute Gasteiger partial charge is 0.272 e. The van der Waals surface area contributed by atoms with Crippen LogP contribution in [0.4, 0.5) is 5.69 Å². The van der Waals surface area contributed by atoms with Crippen LogP contribution < -0.4 is 15.5 Å². The number of para-hydroxylation sites is 1. The fourth-order valence-corrected chi connectivity index (χ4v) is 3.89. The molecule has 4 rings (SSSR count). The third kappa shape index (κ3) is 5.41. The third-order valence-electron chi connectivity index (χ3n) is 5.84. The molecule has 1 aliphatic heterocycles. The highest BCUT2D eigenvalue weighted by molar-refractivity contribution is 6.30. The van der Waals surface area contributed by atoms with Crippen LogP contribution in [-0.4, -0.2) is 36.6 Å². The van der Waals surface area contributed by atoms with Gasteiger partial charge in [-0.1, -0.05) is 72.3 Å². The van der Waals surface area contributed by atoms with Crippen molar-refractivity contribution in [2.24, 2.45) is 10.9 Å². The van der Waals surface area contributed by atoms with E-state index in [1.807, 2.05) is 54.6 Å². The van der Waals surface area contributed by atoms with E-state index >= 15 is 0 Å². The summed E-state index contributed by atoms with van der Waals surface area (Å²) in [5.41, 5.74) is 3.72. The van der Waals surface area contributed by atoms with Crippen LogP contribution in [0.25, 0.3) is 0 Å². The number of aliphatic imine (C=N–C) groups is 1. The van der Waals surface area contributed by atoms with Crippen molar-refractivity contribution in [3.8, 4) is 0 Å². The average molecular weight is 489 g/mol. The number of benzodiazepines with no additional fused rings is 1. The van der Waals surface area contributed by atoms with Gasteiger partial charge in [-0.3, -0.25) is 14.4 Å². The van der Waals surface area contributed by atoms with E-state index in [4.69, 9.17) is 11.6 Å². The number of benzene rings is 3. The highest BCUT2D eigenvalue weighted by Gasteiger charge is 2.33. The summed E-state index contributed by atoms with van der Waals surface area (Å²) in [5.74, 6) is -2.47. The van der Waals surface area contributed by atoms with Crippen LogP contribution in [0.3, 0.4) is 0 Å². The van der Waals surface area contributed by atoms with Gasteiger partial charge >= 0.3 is 0 Å². The lowest BCUT2D eigenvalue weighted by molar-refractivity contribution is -0.136. The molecule has 2 N–H and O–H groups in total. The summed E-state index contributed by atoms with van der Waals surface area (Å²) in [6, 6.07) is 24.0. The lowest BCUT2D eigenvalue weighted by atomic mass is 10.0. The fraction of sp³-hybridized carbons (Fsp3) is 0.185. The molecule has 3 amide bonds. The van der Waals surface area contributed by atoms with E-state index in [-0.39, 0.29) is 6.54 Å². The van der Waals surface area contributed by atoms with Crippen molar-refractivity contribution < 1.29 is 14.4 Å². The van der Waals surface area contributed by atoms with Crippen molar-refractivity contribution in [1.82, 2.24) is 10.6 Å². The Morgan fingerprint density at radius 2 is 1.63 bits per heavy atom. The topological polar surface area (TPSA) is 90.9 Å². The molecule has 8 heteroatoms. The Balaban J connectivity index is 1.54.